The number of ether oxygens (including phenoxy) is 1. The van der Waals surface area contributed by atoms with E-state index in [2.05, 4.69) is 9.97 Å². The Morgan fingerprint density at radius 1 is 1.43 bits per heavy atom. The Labute approximate surface area is 129 Å². The van der Waals surface area contributed by atoms with Crippen LogP contribution in [0.5, 0.6) is 0 Å². The smallest absolute Gasteiger partial charge is 0.326 e. The Hall–Kier alpha value is -3.23. The first-order valence-electron chi connectivity index (χ1n) is 6.85. The SMILES string of the molecule is CCOC(=O)Cn1c2ccc([N+](=O)[O-])cc2c2c(N)ncnc21. The van der Waals surface area contributed by atoms with Gasteiger partial charge in [0.2, 0.25) is 0 Å². The van der Waals surface area contributed by atoms with Crippen LogP contribution < -0.4 is 5.73 Å². The Balaban J connectivity index is 2.31. The molecule has 3 aromatic rings. The summed E-state index contributed by atoms with van der Waals surface area (Å²) in [6.07, 6.45) is 1.28. The monoisotopic (exact) mass is 315 g/mol. The highest BCUT2D eigenvalue weighted by molar-refractivity contribution is 6.12. The van der Waals surface area contributed by atoms with Gasteiger partial charge in [0.15, 0.2) is 0 Å². The second-order valence-corrected chi connectivity index (χ2v) is 4.81. The zero-order valence-electron chi connectivity index (χ0n) is 12.2. The minimum absolute atomic E-state index is 0.0674. The predicted octanol–water partition coefficient (Wildman–Crippen LogP) is 1.64. The quantitative estimate of drug-likeness (QED) is 0.440. The average molecular weight is 315 g/mol. The number of aromatic nitrogens is 3. The summed E-state index contributed by atoms with van der Waals surface area (Å²) in [4.78, 5) is 30.4. The van der Waals surface area contributed by atoms with E-state index in [1.54, 1.807) is 17.6 Å². The molecular formula is C14H13N5O4. The Morgan fingerprint density at radius 3 is 2.91 bits per heavy atom. The highest BCUT2D eigenvalue weighted by atomic mass is 16.6. The summed E-state index contributed by atoms with van der Waals surface area (Å²) in [5, 5.41) is 12.0. The molecule has 23 heavy (non-hydrogen) atoms. The third-order valence-corrected chi connectivity index (χ3v) is 3.46. The van der Waals surface area contributed by atoms with Crippen molar-refractivity contribution in [2.24, 2.45) is 0 Å². The molecule has 0 saturated carbocycles. The molecule has 0 unspecified atom stereocenters. The number of non-ortho nitro benzene ring substituents is 1. The van der Waals surface area contributed by atoms with Crippen LogP contribution >= 0.6 is 0 Å². The van der Waals surface area contributed by atoms with Gasteiger partial charge in [0.1, 0.15) is 24.3 Å². The van der Waals surface area contributed by atoms with Gasteiger partial charge in [-0.2, -0.15) is 0 Å². The van der Waals surface area contributed by atoms with E-state index in [-0.39, 0.29) is 24.7 Å². The lowest BCUT2D eigenvalue weighted by Crippen LogP contribution is -2.13. The topological polar surface area (TPSA) is 126 Å². The lowest BCUT2D eigenvalue weighted by Gasteiger charge is -2.06. The third kappa shape index (κ3) is 2.41. The number of nitro benzene ring substituents is 1. The average Bonchev–Trinajstić information content (AvgIpc) is 2.82. The van der Waals surface area contributed by atoms with Crippen LogP contribution in [-0.4, -0.2) is 32.0 Å². The van der Waals surface area contributed by atoms with Gasteiger partial charge in [0.05, 0.1) is 22.4 Å². The number of rotatable bonds is 4. The second kappa shape index (κ2) is 5.52. The zero-order chi connectivity index (χ0) is 16.6. The molecule has 0 saturated heterocycles. The number of esters is 1. The molecular weight excluding hydrogens is 302 g/mol. The Bertz CT molecular complexity index is 934. The molecule has 9 heteroatoms. The van der Waals surface area contributed by atoms with Gasteiger partial charge in [-0.05, 0) is 13.0 Å². The molecule has 3 rings (SSSR count). The number of nitrogen functional groups attached to an aromatic ring is 1. The molecule has 9 nitrogen and oxygen atoms in total. The van der Waals surface area contributed by atoms with E-state index >= 15 is 0 Å². The molecule has 0 aliphatic carbocycles. The molecule has 0 spiro atoms. The number of benzene rings is 1. The summed E-state index contributed by atoms with van der Waals surface area (Å²) in [7, 11) is 0. The summed E-state index contributed by atoms with van der Waals surface area (Å²) in [5.74, 6) is -0.232. The van der Waals surface area contributed by atoms with Crippen molar-refractivity contribution in [3.8, 4) is 0 Å². The van der Waals surface area contributed by atoms with Crippen LogP contribution in [0.25, 0.3) is 21.9 Å². The van der Waals surface area contributed by atoms with Crippen LogP contribution in [0.3, 0.4) is 0 Å². The first kappa shape index (κ1) is 14.7. The van der Waals surface area contributed by atoms with Gasteiger partial charge in [-0.1, -0.05) is 0 Å². The summed E-state index contributed by atoms with van der Waals surface area (Å²) in [5.41, 5.74) is 6.86. The molecule has 0 bridgehead atoms. The fourth-order valence-electron chi connectivity index (χ4n) is 2.54. The van der Waals surface area contributed by atoms with Crippen molar-refractivity contribution >= 4 is 39.4 Å². The number of nitrogens with zero attached hydrogens (tertiary/aromatic N) is 4. The molecule has 0 fully saturated rings. The van der Waals surface area contributed by atoms with Crippen LogP contribution in [0.4, 0.5) is 11.5 Å². The number of carbonyl (C=O) groups is 1. The third-order valence-electron chi connectivity index (χ3n) is 3.46. The summed E-state index contributed by atoms with van der Waals surface area (Å²) >= 11 is 0. The van der Waals surface area contributed by atoms with Gasteiger partial charge in [-0.25, -0.2) is 9.97 Å². The first-order chi connectivity index (χ1) is 11.0. The van der Waals surface area contributed by atoms with E-state index in [1.807, 2.05) is 0 Å². The van der Waals surface area contributed by atoms with Crippen molar-refractivity contribution in [3.63, 3.8) is 0 Å². The molecule has 2 aromatic heterocycles. The highest BCUT2D eigenvalue weighted by Gasteiger charge is 2.19. The van der Waals surface area contributed by atoms with Crippen molar-refractivity contribution in [2.75, 3.05) is 12.3 Å². The van der Waals surface area contributed by atoms with E-state index in [0.29, 0.717) is 21.9 Å². The van der Waals surface area contributed by atoms with E-state index < -0.39 is 10.9 Å². The van der Waals surface area contributed by atoms with E-state index in [9.17, 15) is 14.9 Å². The van der Waals surface area contributed by atoms with Crippen molar-refractivity contribution in [3.05, 3.63) is 34.6 Å². The van der Waals surface area contributed by atoms with Crippen LogP contribution in [0.15, 0.2) is 24.5 Å². The van der Waals surface area contributed by atoms with Crippen molar-refractivity contribution in [2.45, 2.75) is 13.5 Å². The number of carbonyl (C=O) groups excluding carboxylic acids is 1. The van der Waals surface area contributed by atoms with Gasteiger partial charge < -0.3 is 15.0 Å². The standard InChI is InChI=1S/C14H13N5O4/c1-2-23-11(20)6-18-10-4-3-8(19(21)22)5-9(10)12-13(15)16-7-17-14(12)18/h3-5,7H,2,6H2,1H3,(H2,15,16,17). The number of fused-ring (bicyclic) bond motifs is 3. The predicted molar refractivity (Wildman–Crippen MR) is 82.7 cm³/mol. The van der Waals surface area contributed by atoms with E-state index in [4.69, 9.17) is 10.5 Å². The Morgan fingerprint density at radius 2 is 2.22 bits per heavy atom. The molecule has 0 radical (unpaired) electrons. The summed E-state index contributed by atoms with van der Waals surface area (Å²) in [6, 6.07) is 4.33. The van der Waals surface area contributed by atoms with Gasteiger partial charge in [0.25, 0.3) is 5.69 Å². The molecule has 0 atom stereocenters. The van der Waals surface area contributed by atoms with Crippen LogP contribution in [-0.2, 0) is 16.1 Å². The number of anilines is 1. The molecule has 2 N–H and O–H groups in total. The second-order valence-electron chi connectivity index (χ2n) is 4.81. The number of nitrogens with two attached hydrogens (primary N) is 1. The number of hydrogen-bond acceptors (Lipinski definition) is 7. The maximum absolute atomic E-state index is 11.8. The molecule has 0 amide bonds. The number of hydrogen-bond donors (Lipinski definition) is 1. The lowest BCUT2D eigenvalue weighted by atomic mass is 10.2. The molecule has 2 heterocycles. The van der Waals surface area contributed by atoms with Gasteiger partial charge >= 0.3 is 5.97 Å². The van der Waals surface area contributed by atoms with Crippen molar-refractivity contribution < 1.29 is 14.5 Å². The fourth-order valence-corrected chi connectivity index (χ4v) is 2.54. The molecule has 0 aliphatic heterocycles. The van der Waals surface area contributed by atoms with Crippen LogP contribution in [0.1, 0.15) is 6.92 Å². The van der Waals surface area contributed by atoms with Crippen LogP contribution in [0.2, 0.25) is 0 Å². The maximum Gasteiger partial charge on any atom is 0.326 e. The summed E-state index contributed by atoms with van der Waals surface area (Å²) < 4.78 is 6.58. The molecule has 118 valence electrons. The van der Waals surface area contributed by atoms with Crippen molar-refractivity contribution in [1.82, 2.24) is 14.5 Å². The minimum atomic E-state index is -0.492. The summed E-state index contributed by atoms with van der Waals surface area (Å²) in [6.45, 7) is 1.91. The molecule has 1 aromatic carbocycles. The normalized spacial score (nSPS) is 11.0. The van der Waals surface area contributed by atoms with Gasteiger partial charge in [-0.15, -0.1) is 0 Å². The van der Waals surface area contributed by atoms with E-state index in [0.717, 1.165) is 0 Å². The fraction of sp³-hybridized carbons (Fsp3) is 0.214. The maximum atomic E-state index is 11.8. The first-order valence-corrected chi connectivity index (χ1v) is 6.85. The van der Waals surface area contributed by atoms with E-state index in [1.165, 1.54) is 18.5 Å². The zero-order valence-corrected chi connectivity index (χ0v) is 12.2. The number of nitro groups is 1. The van der Waals surface area contributed by atoms with Crippen LogP contribution in [0, 0.1) is 10.1 Å². The Kier molecular flexibility index (Phi) is 3.53. The van der Waals surface area contributed by atoms with Gasteiger partial charge in [-0.3, -0.25) is 14.9 Å². The molecule has 0 aliphatic rings. The lowest BCUT2D eigenvalue weighted by molar-refractivity contribution is -0.384. The highest BCUT2D eigenvalue weighted by Crippen LogP contribution is 2.33. The largest absolute Gasteiger partial charge is 0.465 e. The van der Waals surface area contributed by atoms with Gasteiger partial charge in [0, 0.05) is 17.5 Å². The minimum Gasteiger partial charge on any atom is -0.465 e. The van der Waals surface area contributed by atoms with Crippen molar-refractivity contribution in [1.29, 1.82) is 0 Å².